The van der Waals surface area contributed by atoms with E-state index in [0.29, 0.717) is 38.6 Å². The number of nitrogens with zero attached hydrogens (tertiary/aromatic N) is 3. The number of amides is 1. The number of carbonyl (C=O) groups is 1. The third-order valence-electron chi connectivity index (χ3n) is 5.15. The molecule has 1 aromatic heterocycles. The number of carbonyl (C=O) groups excluding carboxylic acids is 1. The van der Waals surface area contributed by atoms with Gasteiger partial charge < -0.3 is 9.32 Å². The van der Waals surface area contributed by atoms with Crippen molar-refractivity contribution in [3.63, 3.8) is 0 Å². The summed E-state index contributed by atoms with van der Waals surface area (Å²) in [4.78, 5) is 21.2. The van der Waals surface area contributed by atoms with Crippen LogP contribution >= 0.6 is 0 Å². The van der Waals surface area contributed by atoms with Crippen molar-refractivity contribution in [3.8, 4) is 0 Å². The van der Waals surface area contributed by atoms with Gasteiger partial charge in [0.2, 0.25) is 21.8 Å². The van der Waals surface area contributed by atoms with Gasteiger partial charge >= 0.3 is 0 Å². The fourth-order valence-electron chi connectivity index (χ4n) is 3.27. The van der Waals surface area contributed by atoms with Gasteiger partial charge in [0.25, 0.3) is 0 Å². The molecule has 29 heavy (non-hydrogen) atoms. The van der Waals surface area contributed by atoms with Gasteiger partial charge in [0.15, 0.2) is 0 Å². The van der Waals surface area contributed by atoms with E-state index in [4.69, 9.17) is 4.42 Å². The van der Waals surface area contributed by atoms with E-state index in [0.717, 1.165) is 17.0 Å². The van der Waals surface area contributed by atoms with E-state index in [1.807, 2.05) is 20.8 Å². The van der Waals surface area contributed by atoms with Crippen molar-refractivity contribution < 1.29 is 17.6 Å². The van der Waals surface area contributed by atoms with E-state index in [1.165, 1.54) is 0 Å². The fourth-order valence-corrected chi connectivity index (χ4v) is 4.46. The average molecular weight is 421 g/mol. The van der Waals surface area contributed by atoms with Crippen LogP contribution in [0.2, 0.25) is 0 Å². The van der Waals surface area contributed by atoms with Gasteiger partial charge in [0.1, 0.15) is 5.76 Å². The van der Waals surface area contributed by atoms with Crippen LogP contribution in [0.15, 0.2) is 33.6 Å². The number of oxazole rings is 1. The number of hydrogen-bond donors (Lipinski definition) is 1. The lowest BCUT2D eigenvalue weighted by molar-refractivity contribution is -0.134. The lowest BCUT2D eigenvalue weighted by atomic mass is 10.2. The summed E-state index contributed by atoms with van der Waals surface area (Å²) in [5.74, 6) is 1.28. The number of nitrogens with one attached hydrogen (secondary N) is 1. The van der Waals surface area contributed by atoms with Crippen LogP contribution in [0.3, 0.4) is 0 Å². The molecule has 1 atom stereocenters. The molecule has 158 valence electrons. The zero-order chi connectivity index (χ0) is 21.2. The maximum absolute atomic E-state index is 12.7. The Labute approximate surface area is 172 Å². The second kappa shape index (κ2) is 8.64. The lowest BCUT2D eigenvalue weighted by Crippen LogP contribution is -2.53. The normalized spacial score (nSPS) is 16.8. The van der Waals surface area contributed by atoms with Gasteiger partial charge in [-0.05, 0) is 39.8 Å². The topological polar surface area (TPSA) is 95.8 Å². The molecule has 0 unspecified atom stereocenters. The van der Waals surface area contributed by atoms with E-state index in [9.17, 15) is 13.2 Å². The standard InChI is InChI=1S/C20H28N4O4S/c1-14-5-7-18(8-6-14)29(26,27)22-16(3)20(25)24-11-9-23(10-12-24)13-19-21-15(2)17(4)28-19/h5-8,16,22H,9-13H2,1-4H3/t16-/m0/s1. The molecule has 0 bridgehead atoms. The minimum atomic E-state index is -3.74. The number of aryl methyl sites for hydroxylation is 3. The number of aromatic nitrogens is 1. The van der Waals surface area contributed by atoms with E-state index in [2.05, 4.69) is 14.6 Å². The molecule has 1 aromatic carbocycles. The van der Waals surface area contributed by atoms with E-state index in [1.54, 1.807) is 36.1 Å². The first-order valence-electron chi connectivity index (χ1n) is 9.69. The van der Waals surface area contributed by atoms with Crippen molar-refractivity contribution in [3.05, 3.63) is 47.2 Å². The summed E-state index contributed by atoms with van der Waals surface area (Å²) < 4.78 is 33.2. The minimum Gasteiger partial charge on any atom is -0.444 e. The number of piperazine rings is 1. The van der Waals surface area contributed by atoms with Gasteiger partial charge in [-0.25, -0.2) is 13.4 Å². The highest BCUT2D eigenvalue weighted by Gasteiger charge is 2.28. The Morgan fingerprint density at radius 2 is 1.76 bits per heavy atom. The molecule has 8 nitrogen and oxygen atoms in total. The number of hydrogen-bond acceptors (Lipinski definition) is 6. The summed E-state index contributed by atoms with van der Waals surface area (Å²) >= 11 is 0. The van der Waals surface area contributed by atoms with E-state index >= 15 is 0 Å². The van der Waals surface area contributed by atoms with Gasteiger partial charge in [0, 0.05) is 26.2 Å². The first-order chi connectivity index (χ1) is 13.7. The predicted octanol–water partition coefficient (Wildman–Crippen LogP) is 1.61. The smallest absolute Gasteiger partial charge is 0.241 e. The molecule has 3 rings (SSSR count). The number of sulfonamides is 1. The molecular weight excluding hydrogens is 392 g/mol. The van der Waals surface area contributed by atoms with E-state index < -0.39 is 16.1 Å². The molecule has 1 amide bonds. The van der Waals surface area contributed by atoms with Crippen LogP contribution in [-0.2, 0) is 21.4 Å². The van der Waals surface area contributed by atoms with Crippen LogP contribution in [-0.4, -0.2) is 61.3 Å². The van der Waals surface area contributed by atoms with Crippen LogP contribution in [0.5, 0.6) is 0 Å². The first kappa shape index (κ1) is 21.5. The largest absolute Gasteiger partial charge is 0.444 e. The van der Waals surface area contributed by atoms with E-state index in [-0.39, 0.29) is 10.8 Å². The summed E-state index contributed by atoms with van der Waals surface area (Å²) in [6, 6.07) is 5.72. The maximum atomic E-state index is 12.7. The summed E-state index contributed by atoms with van der Waals surface area (Å²) in [6.45, 7) is 10.3. The molecule has 1 aliphatic rings. The summed E-state index contributed by atoms with van der Waals surface area (Å²) in [5, 5.41) is 0. The SMILES string of the molecule is Cc1ccc(S(=O)(=O)N[C@@H](C)C(=O)N2CCN(Cc3nc(C)c(C)o3)CC2)cc1. The van der Waals surface area contributed by atoms with Gasteiger partial charge in [-0.15, -0.1) is 0 Å². The second-order valence-electron chi connectivity index (χ2n) is 7.51. The quantitative estimate of drug-likeness (QED) is 0.763. The predicted molar refractivity (Wildman–Crippen MR) is 109 cm³/mol. The zero-order valence-corrected chi connectivity index (χ0v) is 18.1. The summed E-state index contributed by atoms with van der Waals surface area (Å²) in [5.41, 5.74) is 1.87. The van der Waals surface area contributed by atoms with Crippen LogP contribution in [0, 0.1) is 20.8 Å². The highest BCUT2D eigenvalue weighted by atomic mass is 32.2. The minimum absolute atomic E-state index is 0.157. The molecule has 0 spiro atoms. The van der Waals surface area contributed by atoms with Crippen LogP contribution in [0.1, 0.15) is 29.8 Å². The third-order valence-corrected chi connectivity index (χ3v) is 6.71. The van der Waals surface area contributed by atoms with Crippen LogP contribution < -0.4 is 4.72 Å². The Bertz CT molecular complexity index is 941. The Balaban J connectivity index is 1.53. The average Bonchev–Trinajstić information content (AvgIpc) is 2.99. The highest BCUT2D eigenvalue weighted by Crippen LogP contribution is 2.14. The molecule has 1 fully saturated rings. The summed E-state index contributed by atoms with van der Waals surface area (Å²) in [7, 11) is -3.74. The maximum Gasteiger partial charge on any atom is 0.241 e. The Hall–Kier alpha value is -2.23. The van der Waals surface area contributed by atoms with Crippen molar-refractivity contribution in [2.24, 2.45) is 0 Å². The van der Waals surface area contributed by atoms with Gasteiger partial charge in [-0.1, -0.05) is 17.7 Å². The van der Waals surface area contributed by atoms with Crippen LogP contribution in [0.4, 0.5) is 0 Å². The number of benzene rings is 1. The molecule has 0 saturated carbocycles. The van der Waals surface area contributed by atoms with Crippen molar-refractivity contribution in [2.45, 2.75) is 45.2 Å². The second-order valence-corrected chi connectivity index (χ2v) is 9.22. The fraction of sp³-hybridized carbons (Fsp3) is 0.500. The van der Waals surface area contributed by atoms with Crippen molar-refractivity contribution in [1.82, 2.24) is 19.5 Å². The van der Waals surface area contributed by atoms with Crippen molar-refractivity contribution >= 4 is 15.9 Å². The molecule has 0 aliphatic carbocycles. The number of rotatable bonds is 6. The van der Waals surface area contributed by atoms with Gasteiger partial charge in [-0.3, -0.25) is 9.69 Å². The molecule has 9 heteroatoms. The van der Waals surface area contributed by atoms with Crippen molar-refractivity contribution in [2.75, 3.05) is 26.2 Å². The Morgan fingerprint density at radius 3 is 2.31 bits per heavy atom. The monoisotopic (exact) mass is 420 g/mol. The van der Waals surface area contributed by atoms with Gasteiger partial charge in [-0.2, -0.15) is 4.72 Å². The van der Waals surface area contributed by atoms with Gasteiger partial charge in [0.05, 0.1) is 23.2 Å². The molecule has 0 radical (unpaired) electrons. The molecule has 1 N–H and O–H groups in total. The van der Waals surface area contributed by atoms with Crippen LogP contribution in [0.25, 0.3) is 0 Å². The molecule has 2 heterocycles. The molecule has 2 aromatic rings. The van der Waals surface area contributed by atoms with Crippen molar-refractivity contribution in [1.29, 1.82) is 0 Å². The first-order valence-corrected chi connectivity index (χ1v) is 11.2. The summed E-state index contributed by atoms with van der Waals surface area (Å²) in [6.07, 6.45) is 0. The highest BCUT2D eigenvalue weighted by molar-refractivity contribution is 7.89. The molecular formula is C20H28N4O4S. The Morgan fingerprint density at radius 1 is 1.14 bits per heavy atom. The Kier molecular flexibility index (Phi) is 6.40. The molecule has 1 aliphatic heterocycles. The third kappa shape index (κ3) is 5.23. The zero-order valence-electron chi connectivity index (χ0n) is 17.3. The lowest BCUT2D eigenvalue weighted by Gasteiger charge is -2.35. The molecule has 1 saturated heterocycles.